The average Bonchev–Trinajstić information content (AvgIpc) is 2.61. The fourth-order valence-corrected chi connectivity index (χ4v) is 4.55. The zero-order valence-electron chi connectivity index (χ0n) is 13.7. The molecule has 0 saturated carbocycles. The molecule has 0 aromatic heterocycles. The van der Waals surface area contributed by atoms with E-state index in [-0.39, 0.29) is 28.7 Å². The average molecular weight is 382 g/mol. The lowest BCUT2D eigenvalue weighted by molar-refractivity contribution is 0.0982. The number of carbonyl (C=O) groups excluding carboxylic acids is 1. The van der Waals surface area contributed by atoms with Crippen LogP contribution in [0.2, 0.25) is 5.02 Å². The number of fused-ring (bicyclic) bond motifs is 1. The summed E-state index contributed by atoms with van der Waals surface area (Å²) in [5.41, 5.74) is 0.665. The predicted octanol–water partition coefficient (Wildman–Crippen LogP) is 3.14. The molecule has 2 aromatic carbocycles. The summed E-state index contributed by atoms with van der Waals surface area (Å²) in [5, 5.41) is 0.197. The molecule has 0 radical (unpaired) electrons. The Morgan fingerprint density at radius 3 is 2.48 bits per heavy atom. The van der Waals surface area contributed by atoms with Gasteiger partial charge in [-0.05, 0) is 30.3 Å². The highest BCUT2D eigenvalue weighted by atomic mass is 35.5. The Labute approximate surface area is 151 Å². The second-order valence-electron chi connectivity index (χ2n) is 5.43. The summed E-state index contributed by atoms with van der Waals surface area (Å²) >= 11 is 6.06. The van der Waals surface area contributed by atoms with Gasteiger partial charge in [-0.2, -0.15) is 0 Å². The van der Waals surface area contributed by atoms with Crippen LogP contribution in [0, 0.1) is 0 Å². The first kappa shape index (κ1) is 17.6. The summed E-state index contributed by atoms with van der Waals surface area (Å²) in [5.74, 6) is 0.759. The first-order valence-electron chi connectivity index (χ1n) is 7.46. The second-order valence-corrected chi connectivity index (χ2v) is 7.70. The second kappa shape index (κ2) is 6.57. The van der Waals surface area contributed by atoms with Crippen molar-refractivity contribution in [3.63, 3.8) is 0 Å². The van der Waals surface area contributed by atoms with Crippen LogP contribution in [-0.4, -0.2) is 35.0 Å². The van der Waals surface area contributed by atoms with Gasteiger partial charge >= 0.3 is 0 Å². The Morgan fingerprint density at radius 1 is 1.08 bits per heavy atom. The van der Waals surface area contributed by atoms with Crippen LogP contribution in [0.5, 0.6) is 11.5 Å². The molecule has 0 aliphatic carbocycles. The van der Waals surface area contributed by atoms with Gasteiger partial charge in [0.05, 0.1) is 29.8 Å². The molecule has 2 aromatic rings. The summed E-state index contributed by atoms with van der Waals surface area (Å²) in [6.45, 7) is 0.0605. The smallest absolute Gasteiger partial charge is 0.264 e. The molecule has 0 saturated heterocycles. The number of benzene rings is 2. The van der Waals surface area contributed by atoms with E-state index in [0.29, 0.717) is 22.7 Å². The van der Waals surface area contributed by atoms with Crippen molar-refractivity contribution in [2.24, 2.45) is 0 Å². The van der Waals surface area contributed by atoms with Crippen LogP contribution < -0.4 is 13.8 Å². The number of ketones is 1. The maximum absolute atomic E-state index is 13.1. The van der Waals surface area contributed by atoms with Gasteiger partial charge in [0.25, 0.3) is 10.0 Å². The van der Waals surface area contributed by atoms with E-state index in [9.17, 15) is 13.2 Å². The van der Waals surface area contributed by atoms with Gasteiger partial charge in [-0.1, -0.05) is 11.6 Å². The van der Waals surface area contributed by atoms with Crippen LogP contribution in [-0.2, 0) is 10.0 Å². The highest BCUT2D eigenvalue weighted by Crippen LogP contribution is 2.36. The molecule has 0 amide bonds. The van der Waals surface area contributed by atoms with E-state index in [0.717, 1.165) is 0 Å². The number of methoxy groups -OCH3 is 2. The Balaban J connectivity index is 2.11. The van der Waals surface area contributed by atoms with Crippen molar-refractivity contribution in [3.05, 3.63) is 47.0 Å². The topological polar surface area (TPSA) is 72.9 Å². The molecule has 0 spiro atoms. The predicted molar refractivity (Wildman–Crippen MR) is 94.5 cm³/mol. The van der Waals surface area contributed by atoms with Crippen LogP contribution in [0.4, 0.5) is 5.69 Å². The van der Waals surface area contributed by atoms with Gasteiger partial charge in [0.15, 0.2) is 5.78 Å². The summed E-state index contributed by atoms with van der Waals surface area (Å²) in [4.78, 5) is 12.2. The Bertz CT molecular complexity index is 942. The number of hydrogen-bond acceptors (Lipinski definition) is 5. The molecule has 3 rings (SSSR count). The van der Waals surface area contributed by atoms with E-state index in [1.165, 1.54) is 36.7 Å². The lowest BCUT2D eigenvalue weighted by Crippen LogP contribution is -2.37. The number of rotatable bonds is 4. The van der Waals surface area contributed by atoms with Crippen LogP contribution >= 0.6 is 11.6 Å². The van der Waals surface area contributed by atoms with Crippen LogP contribution in [0.15, 0.2) is 41.3 Å². The number of halogens is 1. The van der Waals surface area contributed by atoms with E-state index >= 15 is 0 Å². The maximum Gasteiger partial charge on any atom is 0.264 e. The number of sulfonamides is 1. The highest BCUT2D eigenvalue weighted by molar-refractivity contribution is 7.92. The molecule has 1 aliphatic heterocycles. The molecule has 6 nitrogen and oxygen atoms in total. The van der Waals surface area contributed by atoms with Crippen LogP contribution in [0.1, 0.15) is 16.8 Å². The van der Waals surface area contributed by atoms with Crippen molar-refractivity contribution >= 4 is 33.1 Å². The molecule has 25 heavy (non-hydrogen) atoms. The maximum atomic E-state index is 13.1. The van der Waals surface area contributed by atoms with E-state index in [1.54, 1.807) is 18.2 Å². The van der Waals surface area contributed by atoms with E-state index in [1.807, 2.05) is 0 Å². The van der Waals surface area contributed by atoms with Gasteiger partial charge in [-0.25, -0.2) is 8.42 Å². The number of nitrogens with zero attached hydrogens (tertiary/aromatic N) is 1. The number of ether oxygens (including phenoxy) is 2. The Hall–Kier alpha value is -2.25. The zero-order valence-corrected chi connectivity index (χ0v) is 15.2. The van der Waals surface area contributed by atoms with Crippen molar-refractivity contribution in [3.8, 4) is 11.5 Å². The fraction of sp³-hybridized carbons (Fsp3) is 0.235. The number of anilines is 1. The fourth-order valence-electron chi connectivity index (χ4n) is 2.72. The molecule has 8 heteroatoms. The summed E-state index contributed by atoms with van der Waals surface area (Å²) in [6, 6.07) is 9.03. The van der Waals surface area contributed by atoms with Crippen molar-refractivity contribution in [1.82, 2.24) is 0 Å². The zero-order chi connectivity index (χ0) is 18.2. The highest BCUT2D eigenvalue weighted by Gasteiger charge is 2.33. The lowest BCUT2D eigenvalue weighted by atomic mass is 10.0. The van der Waals surface area contributed by atoms with Gasteiger partial charge in [0.1, 0.15) is 11.5 Å². The minimum Gasteiger partial charge on any atom is -0.497 e. The first-order chi connectivity index (χ1) is 11.9. The van der Waals surface area contributed by atoms with Gasteiger partial charge in [-0.15, -0.1) is 0 Å². The summed E-state index contributed by atoms with van der Waals surface area (Å²) in [7, 11) is -0.953. The molecule has 1 aliphatic rings. The Kier molecular flexibility index (Phi) is 4.62. The van der Waals surface area contributed by atoms with E-state index < -0.39 is 10.0 Å². The first-order valence-corrected chi connectivity index (χ1v) is 9.28. The normalized spacial score (nSPS) is 14.2. The third-order valence-corrected chi connectivity index (χ3v) is 6.13. The molecule has 0 atom stereocenters. The molecule has 132 valence electrons. The van der Waals surface area contributed by atoms with Crippen molar-refractivity contribution in [2.45, 2.75) is 11.3 Å². The quantitative estimate of drug-likeness (QED) is 0.813. The minimum atomic E-state index is -3.89. The summed E-state index contributed by atoms with van der Waals surface area (Å²) in [6.07, 6.45) is 0.114. The molecule has 0 fully saturated rings. The van der Waals surface area contributed by atoms with Gasteiger partial charge in [0.2, 0.25) is 0 Å². The van der Waals surface area contributed by atoms with Crippen molar-refractivity contribution in [1.29, 1.82) is 0 Å². The molecular formula is C17H16ClNO5S. The lowest BCUT2D eigenvalue weighted by Gasteiger charge is -2.30. The standard InChI is InChI=1S/C17H16ClNO5S/c1-23-11-3-5-13-15(9-11)19(8-7-16(13)20)25(21,22)12-4-6-17(24-2)14(18)10-12/h3-6,9-10H,7-8H2,1-2H3. The molecular weight excluding hydrogens is 366 g/mol. The minimum absolute atomic E-state index is 0.0291. The van der Waals surface area contributed by atoms with Crippen LogP contribution in [0.3, 0.4) is 0 Å². The third kappa shape index (κ3) is 3.05. The van der Waals surface area contributed by atoms with Gasteiger partial charge in [-0.3, -0.25) is 9.10 Å². The van der Waals surface area contributed by atoms with Crippen LogP contribution in [0.25, 0.3) is 0 Å². The van der Waals surface area contributed by atoms with Crippen molar-refractivity contribution in [2.75, 3.05) is 25.1 Å². The van der Waals surface area contributed by atoms with Gasteiger partial charge < -0.3 is 9.47 Å². The largest absolute Gasteiger partial charge is 0.497 e. The number of hydrogen-bond donors (Lipinski definition) is 0. The summed E-state index contributed by atoms with van der Waals surface area (Å²) < 4.78 is 37.6. The molecule has 1 heterocycles. The third-order valence-electron chi connectivity index (χ3n) is 4.03. The van der Waals surface area contributed by atoms with E-state index in [2.05, 4.69) is 0 Å². The van der Waals surface area contributed by atoms with Gasteiger partial charge in [0, 0.05) is 24.6 Å². The molecule has 0 bridgehead atoms. The number of carbonyl (C=O) groups is 1. The van der Waals surface area contributed by atoms with E-state index in [4.69, 9.17) is 21.1 Å². The molecule has 0 N–H and O–H groups in total. The molecule has 0 unspecified atom stereocenters. The SMILES string of the molecule is COc1ccc2c(c1)N(S(=O)(=O)c1ccc(OC)c(Cl)c1)CCC2=O. The Morgan fingerprint density at radius 2 is 1.84 bits per heavy atom. The monoisotopic (exact) mass is 381 g/mol. The number of Topliss-reactive ketones (excluding diaryl/α,β-unsaturated/α-hetero) is 1. The van der Waals surface area contributed by atoms with Crippen molar-refractivity contribution < 1.29 is 22.7 Å².